The van der Waals surface area contributed by atoms with Crippen LogP contribution in [0.5, 0.6) is 0 Å². The molecular formula is C9H26OSi2. The molecule has 0 aliphatic carbocycles. The molecule has 0 aromatic heterocycles. The van der Waals surface area contributed by atoms with Crippen LogP contribution < -0.4 is 0 Å². The number of hydrogen-bond acceptors (Lipinski definition) is 1. The first-order valence-electron chi connectivity index (χ1n) is 5.19. The van der Waals surface area contributed by atoms with Crippen LogP contribution >= 0.6 is 0 Å². The molecule has 0 heterocycles. The minimum atomic E-state index is -1.20. The van der Waals surface area contributed by atoms with E-state index < -0.39 is 17.4 Å². The van der Waals surface area contributed by atoms with E-state index in [9.17, 15) is 0 Å². The van der Waals surface area contributed by atoms with Gasteiger partial charge in [0.15, 0.2) is 17.4 Å². The largest absolute Gasteiger partial charge is 0.458 e. The van der Waals surface area contributed by atoms with Gasteiger partial charge in [-0.25, -0.2) is 0 Å². The van der Waals surface area contributed by atoms with E-state index in [2.05, 4.69) is 33.5 Å². The van der Waals surface area contributed by atoms with Crippen molar-refractivity contribution in [2.45, 2.75) is 59.4 Å². The Kier molecular flexibility index (Phi) is 9.95. The zero-order valence-electron chi connectivity index (χ0n) is 9.90. The van der Waals surface area contributed by atoms with E-state index in [0.29, 0.717) is 0 Å². The van der Waals surface area contributed by atoms with Crippen LogP contribution in [0.2, 0.25) is 31.7 Å². The van der Waals surface area contributed by atoms with Gasteiger partial charge in [-0.3, -0.25) is 0 Å². The first-order valence-corrected chi connectivity index (χ1v) is 10.8. The van der Waals surface area contributed by atoms with Gasteiger partial charge in [0.25, 0.3) is 0 Å². The first-order chi connectivity index (χ1) is 5.52. The molecule has 12 heavy (non-hydrogen) atoms. The van der Waals surface area contributed by atoms with Crippen molar-refractivity contribution >= 4 is 17.4 Å². The van der Waals surface area contributed by atoms with Crippen LogP contribution in [0.3, 0.4) is 0 Å². The molecule has 0 amide bonds. The summed E-state index contributed by atoms with van der Waals surface area (Å²) >= 11 is 0. The lowest BCUT2D eigenvalue weighted by Crippen LogP contribution is -2.35. The third-order valence-corrected chi connectivity index (χ3v) is 8.96. The lowest BCUT2D eigenvalue weighted by molar-refractivity contribution is 0.566. The molecule has 0 bridgehead atoms. The third-order valence-electron chi connectivity index (χ3n) is 1.95. The molecule has 0 aliphatic rings. The summed E-state index contributed by atoms with van der Waals surface area (Å²) in [6.07, 6.45) is 0. The lowest BCUT2D eigenvalue weighted by atomic mass is 11.0. The van der Waals surface area contributed by atoms with Gasteiger partial charge in [-0.2, -0.15) is 0 Å². The van der Waals surface area contributed by atoms with Crippen LogP contribution in [0.4, 0.5) is 0 Å². The second kappa shape index (κ2) is 8.01. The van der Waals surface area contributed by atoms with Crippen molar-refractivity contribution in [1.29, 1.82) is 0 Å². The number of hydrogen-bond donors (Lipinski definition) is 0. The Morgan fingerprint density at radius 2 is 1.58 bits per heavy atom. The Bertz CT molecular complexity index is 94.5. The van der Waals surface area contributed by atoms with E-state index in [1.54, 1.807) is 0 Å². The summed E-state index contributed by atoms with van der Waals surface area (Å²) in [6, 6.07) is 2.53. The predicted molar refractivity (Wildman–Crippen MR) is 63.9 cm³/mol. The van der Waals surface area contributed by atoms with Crippen molar-refractivity contribution in [3.63, 3.8) is 0 Å². The van der Waals surface area contributed by atoms with E-state index in [0.717, 1.165) is 0 Å². The zero-order chi connectivity index (χ0) is 10.2. The van der Waals surface area contributed by atoms with Crippen LogP contribution in [0, 0.1) is 0 Å². The molecule has 3 heteroatoms. The van der Waals surface area contributed by atoms with Gasteiger partial charge in [-0.05, 0) is 31.7 Å². The van der Waals surface area contributed by atoms with Gasteiger partial charge in [-0.15, -0.1) is 0 Å². The molecule has 0 aromatic rings. The molecule has 1 unspecified atom stereocenters. The maximum Gasteiger partial charge on any atom is 0.172 e. The van der Waals surface area contributed by atoms with Gasteiger partial charge in [-0.1, -0.05) is 27.7 Å². The molecular weight excluding hydrogens is 180 g/mol. The van der Waals surface area contributed by atoms with E-state index in [1.807, 2.05) is 13.8 Å². The monoisotopic (exact) mass is 206 g/mol. The highest BCUT2D eigenvalue weighted by Gasteiger charge is 2.21. The highest BCUT2D eigenvalue weighted by atomic mass is 28.4. The molecule has 0 aromatic carbocycles. The highest BCUT2D eigenvalue weighted by Crippen LogP contribution is 2.12. The predicted octanol–water partition coefficient (Wildman–Crippen LogP) is 3.63. The van der Waals surface area contributed by atoms with Crippen LogP contribution in [-0.4, -0.2) is 17.4 Å². The Balaban J connectivity index is 0. The Morgan fingerprint density at radius 3 is 1.83 bits per heavy atom. The molecule has 1 nitrogen and oxygen atoms in total. The third kappa shape index (κ3) is 8.49. The maximum absolute atomic E-state index is 6.01. The SMILES string of the molecule is CC.CC[SiH](C)O[Si](C)(C)CC. The Hall–Kier alpha value is 0.394. The molecule has 76 valence electrons. The zero-order valence-corrected chi connectivity index (χ0v) is 12.1. The normalized spacial score (nSPS) is 13.2. The van der Waals surface area contributed by atoms with E-state index >= 15 is 0 Å². The van der Waals surface area contributed by atoms with Crippen molar-refractivity contribution in [3.8, 4) is 0 Å². The van der Waals surface area contributed by atoms with Gasteiger partial charge in [0.1, 0.15) is 0 Å². The van der Waals surface area contributed by atoms with Crippen molar-refractivity contribution < 1.29 is 4.12 Å². The molecule has 0 spiro atoms. The quantitative estimate of drug-likeness (QED) is 0.638. The van der Waals surface area contributed by atoms with Crippen LogP contribution in [0.1, 0.15) is 27.7 Å². The molecule has 1 atom stereocenters. The summed E-state index contributed by atoms with van der Waals surface area (Å²) in [5.74, 6) is 0. The van der Waals surface area contributed by atoms with Crippen LogP contribution in [0.25, 0.3) is 0 Å². The van der Waals surface area contributed by atoms with E-state index in [4.69, 9.17) is 4.12 Å². The maximum atomic E-state index is 6.01. The van der Waals surface area contributed by atoms with Crippen LogP contribution in [-0.2, 0) is 4.12 Å². The Morgan fingerprint density at radius 1 is 1.17 bits per heavy atom. The van der Waals surface area contributed by atoms with Crippen molar-refractivity contribution in [1.82, 2.24) is 0 Å². The van der Waals surface area contributed by atoms with Crippen molar-refractivity contribution in [3.05, 3.63) is 0 Å². The second-order valence-corrected chi connectivity index (χ2v) is 11.1. The molecule has 0 radical (unpaired) electrons. The van der Waals surface area contributed by atoms with Gasteiger partial charge in [0.2, 0.25) is 0 Å². The van der Waals surface area contributed by atoms with Gasteiger partial charge in [0.05, 0.1) is 0 Å². The average Bonchev–Trinajstić information content (AvgIpc) is 2.07. The minimum Gasteiger partial charge on any atom is -0.458 e. The summed E-state index contributed by atoms with van der Waals surface area (Å²) in [4.78, 5) is 0. The summed E-state index contributed by atoms with van der Waals surface area (Å²) in [5.41, 5.74) is 0. The molecule has 0 rings (SSSR count). The van der Waals surface area contributed by atoms with E-state index in [1.165, 1.54) is 12.1 Å². The fourth-order valence-corrected chi connectivity index (χ4v) is 6.40. The summed E-state index contributed by atoms with van der Waals surface area (Å²) in [6.45, 7) is 15.4. The van der Waals surface area contributed by atoms with Crippen molar-refractivity contribution in [2.75, 3.05) is 0 Å². The minimum absolute atomic E-state index is 0.762. The molecule has 0 fully saturated rings. The lowest BCUT2D eigenvalue weighted by Gasteiger charge is -2.25. The van der Waals surface area contributed by atoms with E-state index in [-0.39, 0.29) is 0 Å². The van der Waals surface area contributed by atoms with Crippen molar-refractivity contribution in [2.24, 2.45) is 0 Å². The fraction of sp³-hybridized carbons (Fsp3) is 1.00. The summed E-state index contributed by atoms with van der Waals surface area (Å²) in [7, 11) is -1.96. The smallest absolute Gasteiger partial charge is 0.172 e. The Labute approximate surface area is 81.4 Å². The standard InChI is InChI=1S/C7H20OSi2.C2H6/c1-6-9(3)8-10(4,5)7-2;1-2/h9H,6-7H2,1-5H3;1-2H3. The average molecular weight is 206 g/mol. The molecule has 0 saturated heterocycles. The molecule has 0 saturated carbocycles. The van der Waals surface area contributed by atoms with Gasteiger partial charge in [0, 0.05) is 0 Å². The van der Waals surface area contributed by atoms with Gasteiger partial charge >= 0.3 is 0 Å². The molecule has 0 N–H and O–H groups in total. The number of rotatable bonds is 4. The first kappa shape index (κ1) is 14.9. The fourth-order valence-electron chi connectivity index (χ4n) is 0.711. The highest BCUT2D eigenvalue weighted by molar-refractivity contribution is 6.77. The summed E-state index contributed by atoms with van der Waals surface area (Å²) in [5, 5.41) is 0. The molecule has 0 aliphatic heterocycles. The summed E-state index contributed by atoms with van der Waals surface area (Å²) < 4.78 is 6.01. The second-order valence-electron chi connectivity index (χ2n) is 3.45. The van der Waals surface area contributed by atoms with Crippen LogP contribution in [0.15, 0.2) is 0 Å². The van der Waals surface area contributed by atoms with Gasteiger partial charge < -0.3 is 4.12 Å². The topological polar surface area (TPSA) is 9.23 Å².